The summed E-state index contributed by atoms with van der Waals surface area (Å²) in [5.74, 6) is -0.500. The molecule has 0 aliphatic heterocycles. The minimum Gasteiger partial charge on any atom is -0.466 e. The molecule has 1 aromatic carbocycles. The Kier molecular flexibility index (Phi) is 4.73. The molecule has 112 valence electrons. The van der Waals surface area contributed by atoms with Crippen LogP contribution in [0.5, 0.6) is 0 Å². The van der Waals surface area contributed by atoms with E-state index in [-0.39, 0.29) is 18.2 Å². The number of esters is 1. The van der Waals surface area contributed by atoms with E-state index < -0.39 is 0 Å². The highest BCUT2D eigenvalue weighted by molar-refractivity contribution is 5.73. The van der Waals surface area contributed by atoms with E-state index in [1.165, 1.54) is 12.1 Å². The van der Waals surface area contributed by atoms with Gasteiger partial charge in [0.25, 0.3) is 0 Å². The van der Waals surface area contributed by atoms with Gasteiger partial charge < -0.3 is 4.74 Å². The fourth-order valence-corrected chi connectivity index (χ4v) is 2.26. The van der Waals surface area contributed by atoms with E-state index in [2.05, 4.69) is 5.10 Å². The van der Waals surface area contributed by atoms with Crippen LogP contribution in [0.3, 0.4) is 0 Å². The van der Waals surface area contributed by atoms with E-state index in [9.17, 15) is 9.18 Å². The molecular weight excluding hydrogens is 271 g/mol. The number of carbonyl (C=O) groups excluding carboxylic acids is 1. The van der Waals surface area contributed by atoms with Crippen molar-refractivity contribution in [1.29, 1.82) is 0 Å². The Hall–Kier alpha value is -2.17. The first-order valence-electron chi connectivity index (χ1n) is 6.94. The lowest BCUT2D eigenvalue weighted by atomic mass is 10.1. The molecule has 0 amide bonds. The van der Waals surface area contributed by atoms with E-state index >= 15 is 0 Å². The summed E-state index contributed by atoms with van der Waals surface area (Å²) in [5, 5.41) is 4.46. The smallest absolute Gasteiger partial charge is 0.310 e. The number of benzene rings is 1. The zero-order chi connectivity index (χ0) is 15.4. The summed E-state index contributed by atoms with van der Waals surface area (Å²) in [6.07, 6.45) is 0.231. The third kappa shape index (κ3) is 3.68. The van der Waals surface area contributed by atoms with Gasteiger partial charge in [-0.3, -0.25) is 9.48 Å². The maximum atomic E-state index is 12.9. The lowest BCUT2D eigenvalue weighted by Gasteiger charge is -2.06. The van der Waals surface area contributed by atoms with E-state index in [1.54, 1.807) is 19.1 Å². The number of hydrogen-bond donors (Lipinski definition) is 0. The van der Waals surface area contributed by atoms with Crippen LogP contribution in [0.4, 0.5) is 4.39 Å². The molecule has 0 bridgehead atoms. The highest BCUT2D eigenvalue weighted by Crippen LogP contribution is 2.16. The summed E-state index contributed by atoms with van der Waals surface area (Å²) >= 11 is 0. The fraction of sp³-hybridized carbons (Fsp3) is 0.375. The normalized spacial score (nSPS) is 10.7. The molecule has 1 aromatic heterocycles. The monoisotopic (exact) mass is 290 g/mol. The summed E-state index contributed by atoms with van der Waals surface area (Å²) in [6, 6.07) is 6.33. The minimum absolute atomic E-state index is 0.231. The number of aromatic nitrogens is 2. The van der Waals surface area contributed by atoms with Gasteiger partial charge in [-0.05, 0) is 38.5 Å². The van der Waals surface area contributed by atoms with Crippen LogP contribution in [-0.2, 0) is 22.5 Å². The predicted octanol–water partition coefficient (Wildman–Crippen LogP) is 2.79. The Morgan fingerprint density at radius 1 is 1.29 bits per heavy atom. The molecule has 0 unspecified atom stereocenters. The molecule has 2 aromatic rings. The molecule has 0 saturated carbocycles. The summed E-state index contributed by atoms with van der Waals surface area (Å²) < 4.78 is 19.7. The summed E-state index contributed by atoms with van der Waals surface area (Å²) in [4.78, 5) is 11.6. The minimum atomic E-state index is -0.255. The van der Waals surface area contributed by atoms with Gasteiger partial charge in [0.1, 0.15) is 5.82 Å². The van der Waals surface area contributed by atoms with E-state index in [4.69, 9.17) is 4.74 Å². The molecule has 0 aliphatic carbocycles. The first-order chi connectivity index (χ1) is 10.0. The van der Waals surface area contributed by atoms with Crippen molar-refractivity contribution in [2.75, 3.05) is 6.61 Å². The van der Waals surface area contributed by atoms with Crippen LogP contribution in [0.25, 0.3) is 0 Å². The number of ether oxygens (including phenoxy) is 1. The maximum absolute atomic E-state index is 12.9. The molecule has 0 atom stereocenters. The highest BCUT2D eigenvalue weighted by Gasteiger charge is 2.15. The van der Waals surface area contributed by atoms with Crippen LogP contribution in [-0.4, -0.2) is 22.4 Å². The average Bonchev–Trinajstić information content (AvgIpc) is 2.69. The van der Waals surface area contributed by atoms with Crippen LogP contribution in [0.1, 0.15) is 29.4 Å². The van der Waals surface area contributed by atoms with Crippen molar-refractivity contribution in [3.05, 3.63) is 52.6 Å². The molecule has 0 fully saturated rings. The van der Waals surface area contributed by atoms with Crippen LogP contribution >= 0.6 is 0 Å². The lowest BCUT2D eigenvalue weighted by Crippen LogP contribution is -2.09. The first kappa shape index (κ1) is 15.2. The average molecular weight is 290 g/mol. The zero-order valence-electron chi connectivity index (χ0n) is 12.5. The van der Waals surface area contributed by atoms with Crippen molar-refractivity contribution in [3.63, 3.8) is 0 Å². The summed E-state index contributed by atoms with van der Waals surface area (Å²) in [5.41, 5.74) is 3.62. The van der Waals surface area contributed by atoms with Crippen LogP contribution in [0, 0.1) is 19.7 Å². The second kappa shape index (κ2) is 6.52. The van der Waals surface area contributed by atoms with Gasteiger partial charge in [0, 0.05) is 11.3 Å². The first-order valence-corrected chi connectivity index (χ1v) is 6.94. The molecule has 0 N–H and O–H groups in total. The molecule has 21 heavy (non-hydrogen) atoms. The van der Waals surface area contributed by atoms with Gasteiger partial charge in [0.05, 0.1) is 25.3 Å². The second-order valence-corrected chi connectivity index (χ2v) is 4.92. The topological polar surface area (TPSA) is 44.1 Å². The Labute approximate surface area is 123 Å². The Morgan fingerprint density at radius 2 is 1.95 bits per heavy atom. The van der Waals surface area contributed by atoms with E-state index in [1.807, 2.05) is 18.5 Å². The van der Waals surface area contributed by atoms with Gasteiger partial charge in [0.2, 0.25) is 0 Å². The van der Waals surface area contributed by atoms with E-state index in [0.29, 0.717) is 13.2 Å². The molecule has 0 radical (unpaired) electrons. The molecule has 0 spiro atoms. The quantitative estimate of drug-likeness (QED) is 0.795. The highest BCUT2D eigenvalue weighted by atomic mass is 19.1. The van der Waals surface area contributed by atoms with Crippen molar-refractivity contribution in [1.82, 2.24) is 9.78 Å². The SMILES string of the molecule is CCOC(=O)Cc1c(C)nn(Cc2ccc(F)cc2)c1C. The van der Waals surface area contributed by atoms with Crippen molar-refractivity contribution in [2.45, 2.75) is 33.7 Å². The van der Waals surface area contributed by atoms with Crippen molar-refractivity contribution in [2.24, 2.45) is 0 Å². The third-order valence-corrected chi connectivity index (χ3v) is 3.40. The maximum Gasteiger partial charge on any atom is 0.310 e. The molecule has 5 heteroatoms. The standard InChI is InChI=1S/C16H19FN2O2/c1-4-21-16(20)9-15-11(2)18-19(12(15)3)10-13-5-7-14(17)8-6-13/h5-8H,4,9-10H2,1-3H3. The Morgan fingerprint density at radius 3 is 2.57 bits per heavy atom. The fourth-order valence-electron chi connectivity index (χ4n) is 2.26. The number of hydrogen-bond acceptors (Lipinski definition) is 3. The van der Waals surface area contributed by atoms with Crippen molar-refractivity contribution in [3.8, 4) is 0 Å². The van der Waals surface area contributed by atoms with E-state index in [0.717, 1.165) is 22.5 Å². The largest absolute Gasteiger partial charge is 0.466 e. The Balaban J connectivity index is 2.18. The lowest BCUT2D eigenvalue weighted by molar-refractivity contribution is -0.142. The molecular formula is C16H19FN2O2. The molecule has 4 nitrogen and oxygen atoms in total. The number of aryl methyl sites for hydroxylation is 1. The van der Waals surface area contributed by atoms with Gasteiger partial charge in [-0.1, -0.05) is 12.1 Å². The predicted molar refractivity (Wildman–Crippen MR) is 77.5 cm³/mol. The van der Waals surface area contributed by atoms with Gasteiger partial charge in [-0.25, -0.2) is 4.39 Å². The third-order valence-electron chi connectivity index (χ3n) is 3.40. The summed E-state index contributed by atoms with van der Waals surface area (Å²) in [7, 11) is 0. The number of carbonyl (C=O) groups is 1. The second-order valence-electron chi connectivity index (χ2n) is 4.92. The molecule has 1 heterocycles. The van der Waals surface area contributed by atoms with Crippen LogP contribution < -0.4 is 0 Å². The molecule has 0 aliphatic rings. The van der Waals surface area contributed by atoms with Crippen LogP contribution in [0.2, 0.25) is 0 Å². The zero-order valence-corrected chi connectivity index (χ0v) is 12.5. The van der Waals surface area contributed by atoms with Gasteiger partial charge >= 0.3 is 5.97 Å². The van der Waals surface area contributed by atoms with Gasteiger partial charge in [0.15, 0.2) is 0 Å². The Bertz CT molecular complexity index is 632. The summed E-state index contributed by atoms with van der Waals surface area (Å²) in [6.45, 7) is 6.52. The number of nitrogens with zero attached hydrogens (tertiary/aromatic N) is 2. The number of halogens is 1. The van der Waals surface area contributed by atoms with Crippen molar-refractivity contribution < 1.29 is 13.9 Å². The van der Waals surface area contributed by atoms with Gasteiger partial charge in [-0.15, -0.1) is 0 Å². The van der Waals surface area contributed by atoms with Gasteiger partial charge in [-0.2, -0.15) is 5.10 Å². The van der Waals surface area contributed by atoms with Crippen molar-refractivity contribution >= 4 is 5.97 Å². The number of rotatable bonds is 5. The molecule has 2 rings (SSSR count). The van der Waals surface area contributed by atoms with Crippen LogP contribution in [0.15, 0.2) is 24.3 Å². The molecule has 0 saturated heterocycles.